The molecule has 0 aromatic carbocycles. The molecule has 2 aromatic rings. The summed E-state index contributed by atoms with van der Waals surface area (Å²) in [6.07, 6.45) is 2.17. The van der Waals surface area contributed by atoms with Gasteiger partial charge in [0.05, 0.1) is 19.5 Å². The van der Waals surface area contributed by atoms with Crippen LogP contribution in [0.15, 0.2) is 6.33 Å². The Morgan fingerprint density at radius 1 is 1.19 bits per heavy atom. The van der Waals surface area contributed by atoms with E-state index in [2.05, 4.69) is 20.3 Å². The minimum atomic E-state index is -0.310. The number of anilines is 1. The molecule has 0 atom stereocenters. The van der Waals surface area contributed by atoms with Crippen molar-refractivity contribution in [3.05, 3.63) is 11.6 Å². The molecule has 0 spiro atoms. The zero-order valence-corrected chi connectivity index (χ0v) is 15.7. The molecular weight excluding hydrogens is 362 g/mol. The number of hydrogen-bond acceptors (Lipinski definition) is 8. The van der Waals surface area contributed by atoms with Gasteiger partial charge in [-0.2, -0.15) is 9.97 Å². The van der Waals surface area contributed by atoms with Crippen molar-refractivity contribution in [2.45, 2.75) is 33.2 Å². The number of hydrogen-bond donors (Lipinski definition) is 1. The number of esters is 2. The van der Waals surface area contributed by atoms with Crippen LogP contribution in [0.25, 0.3) is 11.2 Å². The molecule has 0 radical (unpaired) electrons. The third-order valence-electron chi connectivity index (χ3n) is 3.67. The lowest BCUT2D eigenvalue weighted by Crippen LogP contribution is -2.25. The molecule has 2 heterocycles. The van der Waals surface area contributed by atoms with E-state index in [4.69, 9.17) is 21.1 Å². The molecule has 142 valence electrons. The van der Waals surface area contributed by atoms with Gasteiger partial charge in [0.15, 0.2) is 17.0 Å². The number of nitrogens with zero attached hydrogens (tertiary/aromatic N) is 4. The summed E-state index contributed by atoms with van der Waals surface area (Å²) < 4.78 is 12.2. The summed E-state index contributed by atoms with van der Waals surface area (Å²) >= 11 is 5.97. The predicted molar refractivity (Wildman–Crippen MR) is 95.9 cm³/mol. The van der Waals surface area contributed by atoms with Gasteiger partial charge >= 0.3 is 11.9 Å². The number of carbonyl (C=O) groups is 2. The van der Waals surface area contributed by atoms with Crippen molar-refractivity contribution in [3.8, 4) is 0 Å². The molecule has 10 heteroatoms. The Morgan fingerprint density at radius 2 is 1.81 bits per heavy atom. The van der Waals surface area contributed by atoms with Crippen molar-refractivity contribution in [1.29, 1.82) is 0 Å². The lowest BCUT2D eigenvalue weighted by molar-refractivity contribution is -0.148. The first-order valence-corrected chi connectivity index (χ1v) is 8.73. The first-order chi connectivity index (χ1) is 12.5. The Kier molecular flexibility index (Phi) is 7.14. The number of fused-ring (bicyclic) bond motifs is 1. The Hall–Kier alpha value is -2.42. The highest BCUT2D eigenvalue weighted by molar-refractivity contribution is 6.28. The number of aromatic nitrogens is 4. The van der Waals surface area contributed by atoms with E-state index in [0.717, 1.165) is 0 Å². The Labute approximate surface area is 156 Å². The van der Waals surface area contributed by atoms with Gasteiger partial charge in [0.25, 0.3) is 0 Å². The van der Waals surface area contributed by atoms with Gasteiger partial charge in [0.1, 0.15) is 0 Å². The predicted octanol–water partition coefficient (Wildman–Crippen LogP) is 2.04. The van der Waals surface area contributed by atoms with Gasteiger partial charge in [0.2, 0.25) is 5.28 Å². The van der Waals surface area contributed by atoms with Crippen molar-refractivity contribution in [2.24, 2.45) is 5.92 Å². The van der Waals surface area contributed by atoms with Crippen LogP contribution in [-0.4, -0.2) is 51.7 Å². The molecule has 2 rings (SSSR count). The van der Waals surface area contributed by atoms with Crippen LogP contribution in [0, 0.1) is 5.92 Å². The summed E-state index contributed by atoms with van der Waals surface area (Å²) in [5.41, 5.74) is 1.12. The first kappa shape index (κ1) is 19.9. The maximum Gasteiger partial charge on any atom is 0.305 e. The van der Waals surface area contributed by atoms with Crippen LogP contribution in [-0.2, 0) is 25.6 Å². The summed E-state index contributed by atoms with van der Waals surface area (Å²) in [7, 11) is 1.72. The molecule has 0 amide bonds. The highest BCUT2D eigenvalue weighted by Gasteiger charge is 2.18. The third kappa shape index (κ3) is 5.04. The summed E-state index contributed by atoms with van der Waals surface area (Å²) in [6.45, 7) is 4.08. The van der Waals surface area contributed by atoms with Crippen LogP contribution in [0.1, 0.15) is 26.7 Å². The van der Waals surface area contributed by atoms with Crippen LogP contribution in [0.3, 0.4) is 0 Å². The molecular formula is C16H22ClN5O4. The highest BCUT2D eigenvalue weighted by Crippen LogP contribution is 2.21. The fourth-order valence-electron chi connectivity index (χ4n) is 2.28. The fraction of sp³-hybridized carbons (Fsp3) is 0.562. The third-order valence-corrected chi connectivity index (χ3v) is 3.83. The lowest BCUT2D eigenvalue weighted by Gasteiger charge is -2.18. The monoisotopic (exact) mass is 383 g/mol. The van der Waals surface area contributed by atoms with E-state index in [-0.39, 0.29) is 49.2 Å². The summed E-state index contributed by atoms with van der Waals surface area (Å²) in [6, 6.07) is 0. The van der Waals surface area contributed by atoms with E-state index in [0.29, 0.717) is 23.5 Å². The molecule has 0 aliphatic heterocycles. The van der Waals surface area contributed by atoms with Crippen LogP contribution < -0.4 is 5.32 Å². The number of rotatable bonds is 9. The average molecular weight is 384 g/mol. The molecule has 9 nitrogen and oxygen atoms in total. The summed E-state index contributed by atoms with van der Waals surface area (Å²) in [4.78, 5) is 35.5. The average Bonchev–Trinajstić information content (AvgIpc) is 3.04. The van der Waals surface area contributed by atoms with Gasteiger partial charge in [-0.15, -0.1) is 0 Å². The van der Waals surface area contributed by atoms with Crippen molar-refractivity contribution >= 4 is 40.5 Å². The van der Waals surface area contributed by atoms with Crippen LogP contribution >= 0.6 is 11.6 Å². The van der Waals surface area contributed by atoms with Gasteiger partial charge in [-0.05, 0) is 11.6 Å². The van der Waals surface area contributed by atoms with Gasteiger partial charge in [0, 0.05) is 32.4 Å². The van der Waals surface area contributed by atoms with Crippen LogP contribution in [0.5, 0.6) is 0 Å². The van der Waals surface area contributed by atoms with Crippen molar-refractivity contribution in [2.75, 3.05) is 25.6 Å². The van der Waals surface area contributed by atoms with E-state index < -0.39 is 0 Å². The van der Waals surface area contributed by atoms with Gasteiger partial charge in [-0.3, -0.25) is 9.59 Å². The largest absolute Gasteiger partial charge is 0.465 e. The van der Waals surface area contributed by atoms with Gasteiger partial charge < -0.3 is 19.4 Å². The van der Waals surface area contributed by atoms with E-state index in [1.165, 1.54) is 0 Å². The van der Waals surface area contributed by atoms with Crippen LogP contribution in [0.2, 0.25) is 5.28 Å². The molecule has 0 bridgehead atoms. The lowest BCUT2D eigenvalue weighted by atomic mass is 10.1. The molecule has 1 N–H and O–H groups in total. The Balaban J connectivity index is 2.20. The number of nitrogens with one attached hydrogen (secondary N) is 1. The smallest absolute Gasteiger partial charge is 0.305 e. The zero-order valence-electron chi connectivity index (χ0n) is 15.0. The van der Waals surface area contributed by atoms with E-state index >= 15 is 0 Å². The molecule has 26 heavy (non-hydrogen) atoms. The minimum Gasteiger partial charge on any atom is -0.465 e. The van der Waals surface area contributed by atoms with Crippen LogP contribution in [0.4, 0.5) is 5.82 Å². The molecule has 0 saturated carbocycles. The second kappa shape index (κ2) is 9.33. The fourth-order valence-corrected chi connectivity index (χ4v) is 2.45. The van der Waals surface area contributed by atoms with E-state index in [1.807, 2.05) is 0 Å². The van der Waals surface area contributed by atoms with Crippen molar-refractivity contribution < 1.29 is 19.1 Å². The minimum absolute atomic E-state index is 0.0926. The summed E-state index contributed by atoms with van der Waals surface area (Å²) in [5.74, 6) is -0.347. The quantitative estimate of drug-likeness (QED) is 0.517. The molecule has 0 aliphatic rings. The molecule has 0 aliphatic carbocycles. The normalized spacial score (nSPS) is 11.0. The number of imidazole rings is 1. The van der Waals surface area contributed by atoms with Crippen molar-refractivity contribution in [1.82, 2.24) is 19.5 Å². The molecule has 0 saturated heterocycles. The zero-order chi connectivity index (χ0) is 19.1. The Bertz CT molecular complexity index is 759. The van der Waals surface area contributed by atoms with Gasteiger partial charge in [-0.25, -0.2) is 4.98 Å². The molecule has 0 unspecified atom stereocenters. The molecule has 2 aromatic heterocycles. The first-order valence-electron chi connectivity index (χ1n) is 8.35. The second-order valence-electron chi connectivity index (χ2n) is 5.60. The van der Waals surface area contributed by atoms with E-state index in [1.54, 1.807) is 31.8 Å². The number of carbonyl (C=O) groups excluding carboxylic acids is 2. The van der Waals surface area contributed by atoms with Gasteiger partial charge in [-0.1, -0.05) is 13.8 Å². The Morgan fingerprint density at radius 3 is 2.35 bits per heavy atom. The standard InChI is InChI=1S/C16H22ClN5O4/c1-4-11(23)25-7-10(8-26-12(24)5-2)6-22-9-19-13-14(18-3)20-16(17)21-15(13)22/h9-10H,4-8H2,1-3H3,(H,18,20,21). The number of ether oxygens (including phenoxy) is 2. The number of halogens is 1. The topological polar surface area (TPSA) is 108 Å². The molecule has 0 fully saturated rings. The maximum absolute atomic E-state index is 11.5. The SMILES string of the molecule is CCC(=O)OCC(COC(=O)CC)Cn1cnc2c(NC)nc(Cl)nc21. The van der Waals surface area contributed by atoms with E-state index in [9.17, 15) is 9.59 Å². The van der Waals surface area contributed by atoms with Crippen molar-refractivity contribution in [3.63, 3.8) is 0 Å². The maximum atomic E-state index is 11.5. The summed E-state index contributed by atoms with van der Waals surface area (Å²) in [5, 5.41) is 3.02. The highest BCUT2D eigenvalue weighted by atomic mass is 35.5. The second-order valence-corrected chi connectivity index (χ2v) is 5.94.